The van der Waals surface area contributed by atoms with Crippen LogP contribution in [0.5, 0.6) is 0 Å². The third-order valence-corrected chi connectivity index (χ3v) is 17.6. The maximum atomic E-state index is 7.07. The molecule has 0 aliphatic heterocycles. The molecule has 12 aromatic carbocycles. The highest BCUT2D eigenvalue weighted by atomic mass is 16.3. The van der Waals surface area contributed by atoms with Gasteiger partial charge in [-0.2, -0.15) is 0 Å². The van der Waals surface area contributed by atoms with Gasteiger partial charge in [-0.05, 0) is 162 Å². The van der Waals surface area contributed by atoms with Gasteiger partial charge in [0.2, 0.25) is 0 Å². The molecule has 0 bridgehead atoms. The van der Waals surface area contributed by atoms with Crippen LogP contribution in [-0.4, -0.2) is 0 Å². The minimum atomic E-state index is -0.584. The van der Waals surface area contributed by atoms with Crippen LogP contribution in [0.1, 0.15) is 74.9 Å². The first-order valence-electron chi connectivity index (χ1n) is 28.4. The van der Waals surface area contributed by atoms with Gasteiger partial charge in [0.15, 0.2) is 11.2 Å². The summed E-state index contributed by atoms with van der Waals surface area (Å²) in [7, 11) is 0. The fourth-order valence-electron chi connectivity index (χ4n) is 14.0. The number of hydrogen-bond donors (Lipinski definition) is 0. The number of benzene rings is 12. The molecule has 0 amide bonds. The Kier molecular flexibility index (Phi) is 10.0. The molecule has 0 radical (unpaired) electrons. The summed E-state index contributed by atoms with van der Waals surface area (Å²) in [5.74, 6) is 0. The minimum absolute atomic E-state index is 0.0917. The largest absolute Gasteiger partial charge is 0.454 e. The zero-order valence-corrected chi connectivity index (χ0v) is 46.3. The zero-order chi connectivity index (χ0) is 54.5. The highest BCUT2D eigenvalue weighted by Gasteiger charge is 2.52. The molecule has 2 aromatic heterocycles. The maximum Gasteiger partial charge on any atom is 0.159 e. The molecule has 2 aliphatic rings. The third-order valence-electron chi connectivity index (χ3n) is 17.6. The van der Waals surface area contributed by atoms with E-state index in [4.69, 9.17) is 8.83 Å². The summed E-state index contributed by atoms with van der Waals surface area (Å²) in [5.41, 5.74) is 21.8. The number of para-hydroxylation sites is 6. The topological polar surface area (TPSA) is 32.8 Å². The molecule has 16 rings (SSSR count). The molecule has 0 fully saturated rings. The van der Waals surface area contributed by atoms with Gasteiger partial charge in [0.1, 0.15) is 11.2 Å². The standard InChI is InChI=1S/C77H58N2O2/c1-75(2,3)65-33-17-27-57-59-29-19-35-69(73(59)80-71(57)65)78(51-21-9-7-10-22-51)53-39-37-47-43-61-62-44-48-38-40-54(79(52-23-11-8-12-24-52)70-36-20-30-60-58-28-18-34-66(76(4,5)6)72(58)81-74(60)70)42-50(48)46-68(62)77(67(61)45-49(47)41-53)63-31-15-13-25-55(63)56-26-14-16-32-64(56)77/h7-46H,1-6H3. The first kappa shape index (κ1) is 47.4. The van der Waals surface area contributed by atoms with Crippen molar-refractivity contribution in [2.75, 3.05) is 9.80 Å². The molecule has 2 aliphatic carbocycles. The number of rotatable bonds is 6. The van der Waals surface area contributed by atoms with E-state index in [1.165, 1.54) is 77.2 Å². The van der Waals surface area contributed by atoms with Gasteiger partial charge in [-0.1, -0.05) is 199 Å². The van der Waals surface area contributed by atoms with Crippen LogP contribution in [0.2, 0.25) is 0 Å². The van der Waals surface area contributed by atoms with Crippen molar-refractivity contribution >= 4 is 99.5 Å². The van der Waals surface area contributed by atoms with Gasteiger partial charge >= 0.3 is 0 Å². The SMILES string of the molecule is CC(C)(C)c1cccc2c1oc1c(N(c3ccccc3)c3ccc4cc5c(cc4c3)C3(c4ccccc4-c4ccccc43)c3cc4cc(N(c6ccccc6)c6cccc7c6oc6c(C(C)(C)C)cccc67)ccc4cc3-5)cccc12. The van der Waals surface area contributed by atoms with Crippen LogP contribution < -0.4 is 9.80 Å². The second kappa shape index (κ2) is 17.2. The molecule has 4 heteroatoms. The molecule has 1 spiro atoms. The lowest BCUT2D eigenvalue weighted by Gasteiger charge is -2.31. The van der Waals surface area contributed by atoms with Crippen molar-refractivity contribution in [1.29, 1.82) is 0 Å². The van der Waals surface area contributed by atoms with Crippen molar-refractivity contribution in [3.8, 4) is 22.3 Å². The van der Waals surface area contributed by atoms with Gasteiger partial charge < -0.3 is 18.6 Å². The van der Waals surface area contributed by atoms with Crippen molar-refractivity contribution in [2.45, 2.75) is 57.8 Å². The van der Waals surface area contributed by atoms with Gasteiger partial charge in [0, 0.05) is 55.4 Å². The first-order valence-corrected chi connectivity index (χ1v) is 28.4. The van der Waals surface area contributed by atoms with Crippen LogP contribution in [0.25, 0.3) is 87.7 Å². The summed E-state index contributed by atoms with van der Waals surface area (Å²) in [6.45, 7) is 13.6. The lowest BCUT2D eigenvalue weighted by Crippen LogP contribution is -2.25. The number of fused-ring (bicyclic) bond motifs is 18. The van der Waals surface area contributed by atoms with E-state index in [0.29, 0.717) is 0 Å². The van der Waals surface area contributed by atoms with Crippen LogP contribution in [0.15, 0.2) is 251 Å². The van der Waals surface area contributed by atoms with Crippen LogP contribution in [0.4, 0.5) is 34.1 Å². The van der Waals surface area contributed by atoms with E-state index in [9.17, 15) is 0 Å². The lowest BCUT2D eigenvalue weighted by atomic mass is 9.70. The van der Waals surface area contributed by atoms with Gasteiger partial charge in [-0.3, -0.25) is 0 Å². The average molecular weight is 1040 g/mol. The molecule has 81 heavy (non-hydrogen) atoms. The molecule has 0 unspecified atom stereocenters. The smallest absolute Gasteiger partial charge is 0.159 e. The van der Waals surface area contributed by atoms with Crippen LogP contribution in [-0.2, 0) is 16.2 Å². The molecule has 14 aromatic rings. The van der Waals surface area contributed by atoms with E-state index in [1.54, 1.807) is 0 Å². The second-order valence-electron chi connectivity index (χ2n) is 24.4. The molecule has 0 saturated heterocycles. The van der Waals surface area contributed by atoms with Crippen molar-refractivity contribution in [2.24, 2.45) is 0 Å². The van der Waals surface area contributed by atoms with E-state index in [1.807, 2.05) is 0 Å². The van der Waals surface area contributed by atoms with Gasteiger partial charge in [0.25, 0.3) is 0 Å². The Bertz CT molecular complexity index is 4600. The molecule has 0 atom stereocenters. The van der Waals surface area contributed by atoms with E-state index in [-0.39, 0.29) is 10.8 Å². The Morgan fingerprint density at radius 1 is 0.284 bits per heavy atom. The predicted octanol–water partition coefficient (Wildman–Crippen LogP) is 21.7. The molecule has 0 saturated carbocycles. The van der Waals surface area contributed by atoms with Crippen molar-refractivity contribution in [3.05, 3.63) is 276 Å². The summed E-state index contributed by atoms with van der Waals surface area (Å²) in [4.78, 5) is 4.75. The monoisotopic (exact) mass is 1040 g/mol. The Balaban J connectivity index is 0.905. The predicted molar refractivity (Wildman–Crippen MR) is 339 cm³/mol. The van der Waals surface area contributed by atoms with Crippen molar-refractivity contribution < 1.29 is 8.83 Å². The third kappa shape index (κ3) is 6.90. The van der Waals surface area contributed by atoms with E-state index in [0.717, 1.165) is 78.0 Å². The Labute approximate surface area is 471 Å². The molecule has 0 N–H and O–H groups in total. The van der Waals surface area contributed by atoms with E-state index in [2.05, 4.69) is 294 Å². The number of furan rings is 2. The summed E-state index contributed by atoms with van der Waals surface area (Å²) >= 11 is 0. The van der Waals surface area contributed by atoms with Gasteiger partial charge in [-0.15, -0.1) is 0 Å². The van der Waals surface area contributed by atoms with Crippen LogP contribution in [0, 0.1) is 0 Å². The average Bonchev–Trinajstić information content (AvgIpc) is 2.04. The minimum Gasteiger partial charge on any atom is -0.454 e. The Hall–Kier alpha value is -9.64. The molecular formula is C77H58N2O2. The Morgan fingerprint density at radius 3 is 1.09 bits per heavy atom. The van der Waals surface area contributed by atoms with E-state index >= 15 is 0 Å². The van der Waals surface area contributed by atoms with Gasteiger partial charge in [0.05, 0.1) is 16.8 Å². The summed E-state index contributed by atoms with van der Waals surface area (Å²) in [6, 6.07) is 89.9. The maximum absolute atomic E-state index is 7.07. The molecule has 388 valence electrons. The Morgan fingerprint density at radius 2 is 0.667 bits per heavy atom. The fraction of sp³-hybridized carbons (Fsp3) is 0.117. The highest BCUT2D eigenvalue weighted by molar-refractivity contribution is 6.13. The second-order valence-corrected chi connectivity index (χ2v) is 24.4. The molecule has 4 nitrogen and oxygen atoms in total. The summed E-state index contributed by atoms with van der Waals surface area (Å²) < 4.78 is 14.1. The number of nitrogens with zero attached hydrogens (tertiary/aromatic N) is 2. The zero-order valence-electron chi connectivity index (χ0n) is 46.3. The number of hydrogen-bond acceptors (Lipinski definition) is 4. The number of anilines is 6. The summed E-state index contributed by atoms with van der Waals surface area (Å²) in [6.07, 6.45) is 0. The van der Waals surface area contributed by atoms with Crippen LogP contribution in [0.3, 0.4) is 0 Å². The highest BCUT2D eigenvalue weighted by Crippen LogP contribution is 2.64. The molecular weight excluding hydrogens is 985 g/mol. The quantitative estimate of drug-likeness (QED) is 0.166. The van der Waals surface area contributed by atoms with Crippen molar-refractivity contribution in [3.63, 3.8) is 0 Å². The first-order chi connectivity index (χ1) is 39.4. The lowest BCUT2D eigenvalue weighted by molar-refractivity contribution is 0.572. The van der Waals surface area contributed by atoms with Gasteiger partial charge in [-0.25, -0.2) is 0 Å². The normalized spacial score (nSPS) is 13.4. The van der Waals surface area contributed by atoms with Crippen LogP contribution >= 0.6 is 0 Å². The molecule has 2 heterocycles. The summed E-state index contributed by atoms with van der Waals surface area (Å²) in [5, 5.41) is 9.21. The fourth-order valence-corrected chi connectivity index (χ4v) is 14.0. The van der Waals surface area contributed by atoms with Crippen molar-refractivity contribution in [1.82, 2.24) is 0 Å². The van der Waals surface area contributed by atoms with E-state index < -0.39 is 5.41 Å².